The summed E-state index contributed by atoms with van der Waals surface area (Å²) < 4.78 is 11.9. The maximum atomic E-state index is 10.9. The Morgan fingerprint density at radius 3 is 1.78 bits per heavy atom. The Hall–Kier alpha value is -0.160. The molecule has 4 heteroatoms. The fraction of sp³-hybridized carbons (Fsp3) is 1.00. The van der Waals surface area contributed by atoms with Gasteiger partial charge in [-0.2, -0.15) is 0 Å². The molecule has 100 valence electrons. The molecule has 2 spiro atoms. The van der Waals surface area contributed by atoms with Crippen LogP contribution in [0.2, 0.25) is 0 Å². The van der Waals surface area contributed by atoms with Crippen molar-refractivity contribution in [3.8, 4) is 0 Å². The number of aliphatic hydroxyl groups is 2. The highest BCUT2D eigenvalue weighted by Crippen LogP contribution is 2.85. The van der Waals surface area contributed by atoms with Crippen LogP contribution in [0, 0.1) is 22.7 Å². The Morgan fingerprint density at radius 2 is 1.33 bits per heavy atom. The van der Waals surface area contributed by atoms with Crippen LogP contribution in [0.25, 0.3) is 0 Å². The molecule has 5 fully saturated rings. The van der Waals surface area contributed by atoms with Gasteiger partial charge in [0.15, 0.2) is 11.6 Å². The first-order chi connectivity index (χ1) is 8.37. The lowest BCUT2D eigenvalue weighted by Gasteiger charge is -2.51. The summed E-state index contributed by atoms with van der Waals surface area (Å²) >= 11 is 0. The van der Waals surface area contributed by atoms with Gasteiger partial charge in [-0.05, 0) is 44.9 Å². The molecule has 5 rings (SSSR count). The molecule has 8 atom stereocenters. The normalized spacial score (nSPS) is 75.3. The molecule has 2 aliphatic heterocycles. The highest BCUT2D eigenvalue weighted by Gasteiger charge is 2.91. The fourth-order valence-electron chi connectivity index (χ4n) is 7.11. The molecule has 0 aromatic rings. The molecule has 2 bridgehead atoms. The molecular formula is C14H20O4. The molecule has 18 heavy (non-hydrogen) atoms. The molecule has 5 aliphatic rings. The van der Waals surface area contributed by atoms with Crippen molar-refractivity contribution in [2.75, 3.05) is 0 Å². The van der Waals surface area contributed by atoms with Crippen molar-refractivity contribution in [1.29, 1.82) is 0 Å². The summed E-state index contributed by atoms with van der Waals surface area (Å²) in [7, 11) is 0. The van der Waals surface area contributed by atoms with Gasteiger partial charge in [-0.3, -0.25) is 0 Å². The number of fused-ring (bicyclic) bond motifs is 1. The zero-order chi connectivity index (χ0) is 12.6. The fourth-order valence-corrected chi connectivity index (χ4v) is 7.11. The van der Waals surface area contributed by atoms with Crippen LogP contribution in [0.3, 0.4) is 0 Å². The summed E-state index contributed by atoms with van der Waals surface area (Å²) in [6.45, 7) is 3.62. The van der Waals surface area contributed by atoms with E-state index in [1.54, 1.807) is 0 Å². The maximum absolute atomic E-state index is 10.9. The first kappa shape index (κ1) is 10.6. The van der Waals surface area contributed by atoms with E-state index >= 15 is 0 Å². The van der Waals surface area contributed by atoms with Gasteiger partial charge >= 0.3 is 0 Å². The number of ether oxygens (including phenoxy) is 2. The molecule has 2 unspecified atom stereocenters. The van der Waals surface area contributed by atoms with Gasteiger partial charge < -0.3 is 19.7 Å². The Morgan fingerprint density at radius 1 is 0.889 bits per heavy atom. The van der Waals surface area contributed by atoms with Crippen molar-refractivity contribution in [2.24, 2.45) is 22.7 Å². The predicted octanol–water partition coefficient (Wildman–Crippen LogP) is 1.01. The third-order valence-corrected chi connectivity index (χ3v) is 7.22. The van der Waals surface area contributed by atoms with E-state index in [2.05, 4.69) is 0 Å². The third-order valence-electron chi connectivity index (χ3n) is 7.22. The summed E-state index contributed by atoms with van der Waals surface area (Å²) in [6.07, 6.45) is 4.02. The molecule has 4 nitrogen and oxygen atoms in total. The quantitative estimate of drug-likeness (QED) is 0.675. The minimum atomic E-state index is -1.10. The maximum Gasteiger partial charge on any atom is 0.169 e. The van der Waals surface area contributed by atoms with Gasteiger partial charge in [0.05, 0.1) is 12.2 Å². The lowest BCUT2D eigenvalue weighted by Crippen LogP contribution is -2.59. The summed E-state index contributed by atoms with van der Waals surface area (Å²) in [6, 6.07) is 0. The SMILES string of the molecule is CC1(O)O[C@@H]2[C@@H]3OC(C)(O)[C@]45CCC[C@]14[C@H]2C[C@H]35. The Bertz CT molecular complexity index is 419. The number of hydrogen-bond acceptors (Lipinski definition) is 4. The van der Waals surface area contributed by atoms with Crippen LogP contribution < -0.4 is 0 Å². The van der Waals surface area contributed by atoms with Crippen LogP contribution >= 0.6 is 0 Å². The van der Waals surface area contributed by atoms with Gasteiger partial charge in [-0.15, -0.1) is 0 Å². The summed E-state index contributed by atoms with van der Waals surface area (Å²) in [5.74, 6) is -1.45. The zero-order valence-electron chi connectivity index (χ0n) is 10.8. The summed E-state index contributed by atoms with van der Waals surface area (Å²) in [5, 5.41) is 21.8. The second kappa shape index (κ2) is 2.41. The molecule has 3 aliphatic carbocycles. The average molecular weight is 252 g/mol. The largest absolute Gasteiger partial charge is 0.365 e. The predicted molar refractivity (Wildman–Crippen MR) is 61.3 cm³/mol. The number of hydrogen-bond donors (Lipinski definition) is 2. The van der Waals surface area contributed by atoms with Crippen molar-refractivity contribution >= 4 is 0 Å². The number of rotatable bonds is 0. The highest BCUT2D eigenvalue weighted by molar-refractivity contribution is 5.34. The zero-order valence-corrected chi connectivity index (χ0v) is 10.8. The molecule has 0 radical (unpaired) electrons. The van der Waals surface area contributed by atoms with Crippen molar-refractivity contribution < 1.29 is 19.7 Å². The summed E-state index contributed by atoms with van der Waals surface area (Å²) in [4.78, 5) is 0. The molecule has 0 amide bonds. The standard InChI is InChI=1S/C14H20O4/c1-11(15)13-4-3-5-14(13)8-6-7(13)9(17-11)10(8)18-12(14,2)16/h7-10,15-16H,3-6H2,1-2H3/t7-,8+,9-,10+,11?,12?,13-,14+. The van der Waals surface area contributed by atoms with E-state index in [0.717, 1.165) is 25.7 Å². The van der Waals surface area contributed by atoms with Gasteiger partial charge in [0.2, 0.25) is 0 Å². The van der Waals surface area contributed by atoms with E-state index in [1.807, 2.05) is 13.8 Å². The Balaban J connectivity index is 1.87. The van der Waals surface area contributed by atoms with E-state index in [9.17, 15) is 10.2 Å². The van der Waals surface area contributed by atoms with Gasteiger partial charge in [-0.25, -0.2) is 0 Å². The monoisotopic (exact) mass is 252 g/mol. The Labute approximate surface area is 106 Å². The first-order valence-electron chi connectivity index (χ1n) is 7.18. The topological polar surface area (TPSA) is 58.9 Å². The molecule has 0 aromatic heterocycles. The smallest absolute Gasteiger partial charge is 0.169 e. The second-order valence-corrected chi connectivity index (χ2v) is 7.38. The van der Waals surface area contributed by atoms with Crippen molar-refractivity contribution in [3.63, 3.8) is 0 Å². The van der Waals surface area contributed by atoms with Crippen LogP contribution in [0.5, 0.6) is 0 Å². The van der Waals surface area contributed by atoms with E-state index in [1.165, 1.54) is 0 Å². The van der Waals surface area contributed by atoms with Crippen LogP contribution in [-0.2, 0) is 9.47 Å². The van der Waals surface area contributed by atoms with Gasteiger partial charge in [0.25, 0.3) is 0 Å². The van der Waals surface area contributed by atoms with Gasteiger partial charge in [-0.1, -0.05) is 6.42 Å². The summed E-state index contributed by atoms with van der Waals surface area (Å²) in [5.41, 5.74) is -0.572. The molecule has 2 N–H and O–H groups in total. The van der Waals surface area contributed by atoms with Crippen LogP contribution in [0.15, 0.2) is 0 Å². The van der Waals surface area contributed by atoms with Crippen molar-refractivity contribution in [1.82, 2.24) is 0 Å². The highest BCUT2D eigenvalue weighted by atomic mass is 16.7. The molecule has 0 aromatic carbocycles. The van der Waals surface area contributed by atoms with Crippen LogP contribution in [-0.4, -0.2) is 34.0 Å². The molecule has 2 heterocycles. The molecule has 2 saturated heterocycles. The minimum absolute atomic E-state index is 0.00907. The van der Waals surface area contributed by atoms with E-state index in [4.69, 9.17) is 9.47 Å². The van der Waals surface area contributed by atoms with Crippen molar-refractivity contribution in [3.05, 3.63) is 0 Å². The lowest BCUT2D eigenvalue weighted by atomic mass is 9.53. The Kier molecular flexibility index (Phi) is 1.42. The second-order valence-electron chi connectivity index (χ2n) is 7.38. The van der Waals surface area contributed by atoms with Gasteiger partial charge in [0, 0.05) is 10.8 Å². The average Bonchev–Trinajstić information content (AvgIpc) is 2.90. The molecule has 3 saturated carbocycles. The lowest BCUT2D eigenvalue weighted by molar-refractivity contribution is -0.321. The van der Waals surface area contributed by atoms with Gasteiger partial charge in [0.1, 0.15) is 0 Å². The van der Waals surface area contributed by atoms with Crippen LogP contribution in [0.4, 0.5) is 0 Å². The van der Waals surface area contributed by atoms with E-state index in [-0.39, 0.29) is 23.0 Å². The van der Waals surface area contributed by atoms with Crippen LogP contribution in [0.1, 0.15) is 39.5 Å². The first-order valence-corrected chi connectivity index (χ1v) is 7.18. The van der Waals surface area contributed by atoms with E-state index in [0.29, 0.717) is 11.8 Å². The van der Waals surface area contributed by atoms with E-state index < -0.39 is 11.6 Å². The third kappa shape index (κ3) is 0.657. The minimum Gasteiger partial charge on any atom is -0.365 e. The van der Waals surface area contributed by atoms with Crippen molar-refractivity contribution in [2.45, 2.75) is 63.3 Å². The molecular weight excluding hydrogens is 232 g/mol.